The van der Waals surface area contributed by atoms with Gasteiger partial charge in [-0.1, -0.05) is 29.3 Å². The van der Waals surface area contributed by atoms with E-state index < -0.39 is 0 Å². The normalized spacial score (nSPS) is 12.9. The van der Waals surface area contributed by atoms with Gasteiger partial charge in [-0.05, 0) is 17.7 Å². The van der Waals surface area contributed by atoms with Crippen LogP contribution >= 0.6 is 34.5 Å². The molecule has 0 radical (unpaired) electrons. The monoisotopic (exact) mass is 326 g/mol. The largest absolute Gasteiger partial charge is 0.297 e. The van der Waals surface area contributed by atoms with Gasteiger partial charge in [-0.2, -0.15) is 0 Å². The van der Waals surface area contributed by atoms with E-state index in [0.717, 1.165) is 16.2 Å². The van der Waals surface area contributed by atoms with Crippen LogP contribution in [0.5, 0.6) is 0 Å². The fourth-order valence-electron chi connectivity index (χ4n) is 2.09. The van der Waals surface area contributed by atoms with Gasteiger partial charge in [-0.3, -0.25) is 15.7 Å². The Morgan fingerprint density at radius 2 is 2.20 bits per heavy atom. The zero-order chi connectivity index (χ0) is 14.1. The maximum absolute atomic E-state index is 6.05. The Bertz CT molecular complexity index is 708. The van der Waals surface area contributed by atoms with E-state index in [2.05, 4.69) is 10.4 Å². The predicted octanol–water partition coefficient (Wildman–Crippen LogP) is 3.45. The van der Waals surface area contributed by atoms with Crippen molar-refractivity contribution in [2.24, 2.45) is 5.84 Å². The fourth-order valence-corrected chi connectivity index (χ4v) is 3.11. The molecule has 0 aliphatic heterocycles. The summed E-state index contributed by atoms with van der Waals surface area (Å²) in [6, 6.07) is 5.45. The maximum atomic E-state index is 6.05. The van der Waals surface area contributed by atoms with E-state index in [9.17, 15) is 0 Å². The van der Waals surface area contributed by atoms with E-state index in [-0.39, 0.29) is 6.04 Å². The van der Waals surface area contributed by atoms with Crippen molar-refractivity contribution in [1.82, 2.24) is 14.8 Å². The van der Waals surface area contributed by atoms with Crippen LogP contribution in [-0.2, 0) is 6.42 Å². The first kappa shape index (κ1) is 13.9. The quantitative estimate of drug-likeness (QED) is 0.570. The summed E-state index contributed by atoms with van der Waals surface area (Å²) in [5, 5.41) is 3.06. The molecule has 2 aromatic heterocycles. The molecule has 1 atom stereocenters. The third kappa shape index (κ3) is 2.68. The van der Waals surface area contributed by atoms with Crippen LogP contribution in [0.4, 0.5) is 0 Å². The van der Waals surface area contributed by atoms with Gasteiger partial charge in [-0.25, -0.2) is 4.98 Å². The second kappa shape index (κ2) is 5.71. The smallest absolute Gasteiger partial charge is 0.193 e. The van der Waals surface area contributed by atoms with Crippen molar-refractivity contribution < 1.29 is 0 Å². The molecule has 2 heterocycles. The molecule has 0 aliphatic carbocycles. The number of halogens is 2. The standard InChI is InChI=1S/C13H12Cl2N4S/c14-10-2-1-8(5-11(10)15)12(18-16)6-9-7-19-3-4-20-13(19)17-9/h1-5,7,12,18H,6,16H2. The average Bonchev–Trinajstić information content (AvgIpc) is 3.00. The summed E-state index contributed by atoms with van der Waals surface area (Å²) < 4.78 is 2.00. The summed E-state index contributed by atoms with van der Waals surface area (Å²) in [5.41, 5.74) is 4.76. The van der Waals surface area contributed by atoms with E-state index in [1.54, 1.807) is 17.4 Å². The number of thiazole rings is 1. The average molecular weight is 327 g/mol. The van der Waals surface area contributed by atoms with Crippen molar-refractivity contribution in [3.8, 4) is 0 Å². The Hall–Kier alpha value is -1.11. The van der Waals surface area contributed by atoms with E-state index in [0.29, 0.717) is 16.5 Å². The zero-order valence-corrected chi connectivity index (χ0v) is 12.7. The lowest BCUT2D eigenvalue weighted by Crippen LogP contribution is -2.29. The highest BCUT2D eigenvalue weighted by atomic mass is 35.5. The van der Waals surface area contributed by atoms with E-state index in [4.69, 9.17) is 29.0 Å². The van der Waals surface area contributed by atoms with Gasteiger partial charge in [0.2, 0.25) is 0 Å². The lowest BCUT2D eigenvalue weighted by molar-refractivity contribution is 0.547. The molecule has 4 nitrogen and oxygen atoms in total. The number of rotatable bonds is 4. The molecular weight excluding hydrogens is 315 g/mol. The van der Waals surface area contributed by atoms with Gasteiger partial charge >= 0.3 is 0 Å². The SMILES string of the molecule is NNC(Cc1cn2ccsc2n1)c1ccc(Cl)c(Cl)c1. The van der Waals surface area contributed by atoms with Crippen LogP contribution in [0.2, 0.25) is 10.0 Å². The third-order valence-corrected chi connectivity index (χ3v) is 4.61. The number of nitrogens with zero attached hydrogens (tertiary/aromatic N) is 2. The summed E-state index contributed by atoms with van der Waals surface area (Å²) in [7, 11) is 0. The minimum atomic E-state index is -0.0608. The molecule has 0 spiro atoms. The van der Waals surface area contributed by atoms with Crippen molar-refractivity contribution in [2.75, 3.05) is 0 Å². The van der Waals surface area contributed by atoms with Crippen LogP contribution in [0.15, 0.2) is 36.0 Å². The minimum Gasteiger partial charge on any atom is -0.297 e. The highest BCUT2D eigenvalue weighted by Gasteiger charge is 2.14. The lowest BCUT2D eigenvalue weighted by atomic mass is 10.0. The molecule has 0 saturated heterocycles. The molecule has 0 bridgehead atoms. The number of aromatic nitrogens is 2. The Labute approximate surface area is 130 Å². The Kier molecular flexibility index (Phi) is 3.96. The predicted molar refractivity (Wildman–Crippen MR) is 83.3 cm³/mol. The summed E-state index contributed by atoms with van der Waals surface area (Å²) in [4.78, 5) is 5.53. The van der Waals surface area contributed by atoms with Crippen molar-refractivity contribution in [3.63, 3.8) is 0 Å². The molecule has 0 saturated carbocycles. The molecule has 0 fully saturated rings. The van der Waals surface area contributed by atoms with Gasteiger partial charge in [0.1, 0.15) is 0 Å². The second-order valence-electron chi connectivity index (χ2n) is 4.42. The van der Waals surface area contributed by atoms with Crippen molar-refractivity contribution in [3.05, 3.63) is 57.3 Å². The molecule has 1 unspecified atom stereocenters. The van der Waals surface area contributed by atoms with Crippen LogP contribution < -0.4 is 11.3 Å². The van der Waals surface area contributed by atoms with Crippen LogP contribution in [0, 0.1) is 0 Å². The fraction of sp³-hybridized carbons (Fsp3) is 0.154. The minimum absolute atomic E-state index is 0.0608. The van der Waals surface area contributed by atoms with E-state index >= 15 is 0 Å². The molecule has 3 rings (SSSR count). The Balaban J connectivity index is 1.85. The second-order valence-corrected chi connectivity index (χ2v) is 6.11. The van der Waals surface area contributed by atoms with E-state index in [1.807, 2.05) is 34.3 Å². The maximum Gasteiger partial charge on any atom is 0.193 e. The molecule has 3 N–H and O–H groups in total. The number of nitrogens with one attached hydrogen (secondary N) is 1. The molecular formula is C13H12Cl2N4S. The number of hydrogen-bond acceptors (Lipinski definition) is 4. The zero-order valence-electron chi connectivity index (χ0n) is 10.4. The Morgan fingerprint density at radius 1 is 1.35 bits per heavy atom. The first-order valence-electron chi connectivity index (χ1n) is 5.99. The van der Waals surface area contributed by atoms with Crippen LogP contribution in [0.1, 0.15) is 17.3 Å². The first-order chi connectivity index (χ1) is 9.67. The highest BCUT2D eigenvalue weighted by Crippen LogP contribution is 2.27. The number of benzene rings is 1. The number of hydrazine groups is 1. The first-order valence-corrected chi connectivity index (χ1v) is 7.63. The summed E-state index contributed by atoms with van der Waals surface area (Å²) in [6.07, 6.45) is 4.68. The van der Waals surface area contributed by atoms with E-state index in [1.165, 1.54) is 0 Å². The van der Waals surface area contributed by atoms with Crippen LogP contribution in [0.25, 0.3) is 4.96 Å². The van der Waals surface area contributed by atoms with Crippen LogP contribution in [-0.4, -0.2) is 9.38 Å². The van der Waals surface area contributed by atoms with Crippen molar-refractivity contribution >= 4 is 39.5 Å². The molecule has 3 aromatic rings. The molecule has 0 aliphatic rings. The Morgan fingerprint density at radius 3 is 2.90 bits per heavy atom. The van der Waals surface area contributed by atoms with Gasteiger partial charge in [0.15, 0.2) is 4.96 Å². The van der Waals surface area contributed by atoms with Gasteiger partial charge in [-0.15, -0.1) is 11.3 Å². The third-order valence-electron chi connectivity index (χ3n) is 3.10. The van der Waals surface area contributed by atoms with Gasteiger partial charge in [0, 0.05) is 24.2 Å². The molecule has 7 heteroatoms. The van der Waals surface area contributed by atoms with Gasteiger partial charge in [0.25, 0.3) is 0 Å². The van der Waals surface area contributed by atoms with Crippen LogP contribution in [0.3, 0.4) is 0 Å². The molecule has 20 heavy (non-hydrogen) atoms. The highest BCUT2D eigenvalue weighted by molar-refractivity contribution is 7.15. The lowest BCUT2D eigenvalue weighted by Gasteiger charge is -2.15. The summed E-state index contributed by atoms with van der Waals surface area (Å²) >= 11 is 13.6. The summed E-state index contributed by atoms with van der Waals surface area (Å²) in [6.45, 7) is 0. The topological polar surface area (TPSA) is 55.3 Å². The molecule has 104 valence electrons. The van der Waals surface area contributed by atoms with Crippen molar-refractivity contribution in [2.45, 2.75) is 12.5 Å². The molecule has 0 amide bonds. The molecule has 1 aromatic carbocycles. The van der Waals surface area contributed by atoms with Gasteiger partial charge in [0.05, 0.1) is 21.8 Å². The van der Waals surface area contributed by atoms with Crippen molar-refractivity contribution in [1.29, 1.82) is 0 Å². The summed E-state index contributed by atoms with van der Waals surface area (Å²) in [5.74, 6) is 5.65. The number of fused-ring (bicyclic) bond motifs is 1. The number of imidazole rings is 1. The number of hydrogen-bond donors (Lipinski definition) is 2. The number of nitrogens with two attached hydrogens (primary N) is 1. The van der Waals surface area contributed by atoms with Gasteiger partial charge < -0.3 is 0 Å².